The zero-order valence-electron chi connectivity index (χ0n) is 8.43. The maximum atomic E-state index is 11.0. The van der Waals surface area contributed by atoms with Crippen LogP contribution in [0.5, 0.6) is 0 Å². The molecule has 1 aromatic carbocycles. The van der Waals surface area contributed by atoms with Crippen molar-refractivity contribution in [1.82, 2.24) is 4.57 Å². The molecule has 0 amide bonds. The number of carboxylic acids is 1. The number of benzene rings is 1. The summed E-state index contributed by atoms with van der Waals surface area (Å²) in [5, 5.41) is 9.77. The summed E-state index contributed by atoms with van der Waals surface area (Å²) in [5.41, 5.74) is 2.67. The molecule has 0 fully saturated rings. The predicted molar refractivity (Wildman–Crippen MR) is 63.9 cm³/mol. The quantitative estimate of drug-likeness (QED) is 0.888. The van der Waals surface area contributed by atoms with E-state index in [1.807, 2.05) is 16.8 Å². The van der Waals surface area contributed by atoms with E-state index < -0.39 is 5.97 Å². The normalized spacial score (nSPS) is 11.3. The molecule has 3 nitrogen and oxygen atoms in total. The van der Waals surface area contributed by atoms with Crippen LogP contribution in [0, 0.1) is 0 Å². The Morgan fingerprint density at radius 3 is 2.94 bits per heavy atom. The zero-order chi connectivity index (χ0) is 11.5. The molecule has 16 heavy (non-hydrogen) atoms. The average Bonchev–Trinajstić information content (AvgIpc) is 2.69. The summed E-state index contributed by atoms with van der Waals surface area (Å²) >= 11 is 5.46. The van der Waals surface area contributed by atoms with Crippen molar-refractivity contribution >= 4 is 28.5 Å². The lowest BCUT2D eigenvalue weighted by molar-refractivity contribution is 0.0699. The Hall–Kier alpha value is -1.74. The van der Waals surface area contributed by atoms with E-state index in [9.17, 15) is 4.79 Å². The second-order valence-electron chi connectivity index (χ2n) is 3.37. The molecule has 0 aliphatic rings. The van der Waals surface area contributed by atoms with Crippen LogP contribution >= 0.6 is 11.6 Å². The van der Waals surface area contributed by atoms with Gasteiger partial charge in [0.1, 0.15) is 0 Å². The Morgan fingerprint density at radius 2 is 2.25 bits per heavy atom. The van der Waals surface area contributed by atoms with Crippen LogP contribution < -0.4 is 0 Å². The number of rotatable bonds is 3. The van der Waals surface area contributed by atoms with Gasteiger partial charge in [-0.05, 0) is 18.2 Å². The van der Waals surface area contributed by atoms with Crippen molar-refractivity contribution in [2.45, 2.75) is 6.54 Å². The number of hydrogen-bond donors (Lipinski definition) is 1. The Bertz CT molecular complexity index is 557. The second kappa shape index (κ2) is 4.41. The number of allylic oxidation sites excluding steroid dienone is 1. The molecular weight excluding hydrogens is 226 g/mol. The van der Waals surface area contributed by atoms with Crippen LogP contribution in [0.25, 0.3) is 10.9 Å². The first-order valence-corrected chi connectivity index (χ1v) is 5.24. The Labute approximate surface area is 97.6 Å². The van der Waals surface area contributed by atoms with Crippen LogP contribution in [0.15, 0.2) is 42.1 Å². The van der Waals surface area contributed by atoms with E-state index in [4.69, 9.17) is 16.7 Å². The second-order valence-corrected chi connectivity index (χ2v) is 3.63. The van der Waals surface area contributed by atoms with E-state index >= 15 is 0 Å². The highest BCUT2D eigenvalue weighted by atomic mass is 35.5. The number of nitrogens with zero attached hydrogens (tertiary/aromatic N) is 1. The lowest BCUT2D eigenvalue weighted by Crippen LogP contribution is -1.97. The van der Waals surface area contributed by atoms with Gasteiger partial charge in [-0.25, -0.2) is 4.79 Å². The maximum Gasteiger partial charge on any atom is 0.336 e. The molecule has 0 saturated heterocycles. The first-order chi connectivity index (χ1) is 7.74. The van der Waals surface area contributed by atoms with Crippen LogP contribution in [0.1, 0.15) is 10.4 Å². The summed E-state index contributed by atoms with van der Waals surface area (Å²) in [7, 11) is 0. The van der Waals surface area contributed by atoms with Crippen molar-refractivity contribution in [2.24, 2.45) is 0 Å². The van der Waals surface area contributed by atoms with Gasteiger partial charge in [-0.15, -0.1) is 0 Å². The van der Waals surface area contributed by atoms with Crippen LogP contribution in [0.4, 0.5) is 0 Å². The fraction of sp³-hybridized carbons (Fsp3) is 0.0833. The number of carboxylic acid groups (broad SMARTS) is 1. The molecule has 0 spiro atoms. The molecule has 0 radical (unpaired) electrons. The molecule has 1 N–H and O–H groups in total. The van der Waals surface area contributed by atoms with E-state index in [2.05, 4.69) is 0 Å². The van der Waals surface area contributed by atoms with Crippen LogP contribution in [-0.2, 0) is 6.54 Å². The molecular formula is C12H10ClNO2. The number of hydrogen-bond acceptors (Lipinski definition) is 1. The van der Waals surface area contributed by atoms with E-state index in [0.29, 0.717) is 12.1 Å². The highest BCUT2D eigenvalue weighted by molar-refractivity contribution is 6.25. The number of halogens is 1. The molecule has 1 aromatic heterocycles. The number of aromatic nitrogens is 1. The number of carbonyl (C=O) groups is 1. The minimum atomic E-state index is -0.906. The minimum Gasteiger partial charge on any atom is -0.478 e. The molecule has 2 rings (SSSR count). The predicted octanol–water partition coefficient (Wildman–Crippen LogP) is 3.09. The third-order valence-electron chi connectivity index (χ3n) is 2.44. The van der Waals surface area contributed by atoms with Crippen molar-refractivity contribution in [1.29, 1.82) is 0 Å². The van der Waals surface area contributed by atoms with Crippen LogP contribution in [0.2, 0.25) is 0 Å². The van der Waals surface area contributed by atoms with Crippen molar-refractivity contribution in [3.8, 4) is 0 Å². The van der Waals surface area contributed by atoms with Gasteiger partial charge in [0.05, 0.1) is 5.56 Å². The van der Waals surface area contributed by atoms with Gasteiger partial charge in [-0.2, -0.15) is 0 Å². The third-order valence-corrected chi connectivity index (χ3v) is 2.61. The minimum absolute atomic E-state index is 0.325. The molecule has 82 valence electrons. The van der Waals surface area contributed by atoms with Gasteiger partial charge in [-0.1, -0.05) is 23.7 Å². The first kappa shape index (κ1) is 10.8. The van der Waals surface area contributed by atoms with Gasteiger partial charge in [0.15, 0.2) is 0 Å². The summed E-state index contributed by atoms with van der Waals surface area (Å²) in [6.07, 6.45) is 3.66. The van der Waals surface area contributed by atoms with Gasteiger partial charge < -0.3 is 9.67 Å². The molecule has 0 unspecified atom stereocenters. The molecule has 4 heteroatoms. The van der Waals surface area contributed by atoms with Crippen molar-refractivity contribution < 1.29 is 9.90 Å². The standard InChI is InChI=1S/C12H10ClNO2/c13-6-2-7-14-8-5-9-10(12(15)16)3-1-4-11(9)14/h1-6,8H,7H2,(H,15,16)/b6-2+. The first-order valence-electron chi connectivity index (χ1n) is 4.80. The SMILES string of the molecule is O=C(O)c1cccc2c1ccn2C/C=C/Cl. The van der Waals surface area contributed by atoms with E-state index in [-0.39, 0.29) is 0 Å². The Balaban J connectivity index is 2.56. The lowest BCUT2D eigenvalue weighted by atomic mass is 10.1. The van der Waals surface area contributed by atoms with E-state index in [1.54, 1.807) is 24.3 Å². The topological polar surface area (TPSA) is 42.2 Å². The summed E-state index contributed by atoms with van der Waals surface area (Å²) < 4.78 is 1.95. The molecule has 2 aromatic rings. The number of aromatic carboxylic acids is 1. The summed E-state index contributed by atoms with van der Waals surface area (Å²) in [4.78, 5) is 11.0. The van der Waals surface area contributed by atoms with Gasteiger partial charge in [0.25, 0.3) is 0 Å². The molecule has 0 aliphatic heterocycles. The maximum absolute atomic E-state index is 11.0. The fourth-order valence-corrected chi connectivity index (χ4v) is 1.80. The highest BCUT2D eigenvalue weighted by Gasteiger charge is 2.09. The Kier molecular flexibility index (Phi) is 2.97. The van der Waals surface area contributed by atoms with Crippen molar-refractivity contribution in [3.05, 3.63) is 47.6 Å². The fourth-order valence-electron chi connectivity index (χ4n) is 1.72. The monoisotopic (exact) mass is 235 g/mol. The van der Waals surface area contributed by atoms with Crippen LogP contribution in [0.3, 0.4) is 0 Å². The molecule has 0 aliphatic carbocycles. The molecule has 1 heterocycles. The smallest absolute Gasteiger partial charge is 0.336 e. The largest absolute Gasteiger partial charge is 0.478 e. The van der Waals surface area contributed by atoms with E-state index in [1.165, 1.54) is 5.54 Å². The van der Waals surface area contributed by atoms with Gasteiger partial charge in [0.2, 0.25) is 0 Å². The zero-order valence-corrected chi connectivity index (χ0v) is 9.19. The summed E-state index contributed by atoms with van der Waals surface area (Å²) in [6, 6.07) is 7.05. The van der Waals surface area contributed by atoms with Gasteiger partial charge in [-0.3, -0.25) is 0 Å². The van der Waals surface area contributed by atoms with Gasteiger partial charge >= 0.3 is 5.97 Å². The molecule has 0 atom stereocenters. The van der Waals surface area contributed by atoms with Gasteiger partial charge in [0, 0.05) is 29.2 Å². The average molecular weight is 236 g/mol. The molecule has 0 saturated carbocycles. The van der Waals surface area contributed by atoms with Crippen molar-refractivity contribution in [3.63, 3.8) is 0 Å². The summed E-state index contributed by atoms with van der Waals surface area (Å²) in [5.74, 6) is -0.906. The van der Waals surface area contributed by atoms with Crippen molar-refractivity contribution in [2.75, 3.05) is 0 Å². The Morgan fingerprint density at radius 1 is 1.44 bits per heavy atom. The molecule has 0 bridgehead atoms. The van der Waals surface area contributed by atoms with E-state index in [0.717, 1.165) is 10.9 Å². The summed E-state index contributed by atoms with van der Waals surface area (Å²) in [6.45, 7) is 0.635. The number of fused-ring (bicyclic) bond motifs is 1. The third kappa shape index (κ3) is 1.82. The highest BCUT2D eigenvalue weighted by Crippen LogP contribution is 2.20. The van der Waals surface area contributed by atoms with Crippen LogP contribution in [-0.4, -0.2) is 15.6 Å². The lowest BCUT2D eigenvalue weighted by Gasteiger charge is -2.02.